The number of rotatable bonds is 6. The van der Waals surface area contributed by atoms with Gasteiger partial charge in [0.15, 0.2) is 0 Å². The molecule has 0 N–H and O–H groups in total. The van der Waals surface area contributed by atoms with Crippen LogP contribution in [0, 0.1) is 19.8 Å². The van der Waals surface area contributed by atoms with Crippen LogP contribution < -0.4 is 4.74 Å². The minimum atomic E-state index is -0.0797. The lowest BCUT2D eigenvalue weighted by Crippen LogP contribution is -2.25. The molecule has 0 aromatic heterocycles. The standard InChI is InChI=1S/C17H25NO3/c1-13-5-6-16(11-14(13)2)21-10-4-8-18-9-7-15(12-18)17(19)20-3/h5-6,11,15H,4,7-10,12H2,1-3H3. The van der Waals surface area contributed by atoms with E-state index < -0.39 is 0 Å². The molecular formula is C17H25NO3. The van der Waals surface area contributed by atoms with E-state index in [1.807, 2.05) is 6.07 Å². The van der Waals surface area contributed by atoms with Crippen LogP contribution in [0.4, 0.5) is 0 Å². The Morgan fingerprint density at radius 2 is 2.14 bits per heavy atom. The molecule has 1 aromatic rings. The Labute approximate surface area is 127 Å². The summed E-state index contributed by atoms with van der Waals surface area (Å²) in [6.45, 7) is 7.67. The first kappa shape index (κ1) is 15.8. The highest BCUT2D eigenvalue weighted by atomic mass is 16.5. The number of aryl methyl sites for hydroxylation is 2. The van der Waals surface area contributed by atoms with Crippen LogP contribution in [0.25, 0.3) is 0 Å². The molecule has 0 spiro atoms. The molecule has 0 aliphatic carbocycles. The lowest BCUT2D eigenvalue weighted by Gasteiger charge is -2.15. The number of carbonyl (C=O) groups is 1. The van der Waals surface area contributed by atoms with E-state index in [-0.39, 0.29) is 11.9 Å². The van der Waals surface area contributed by atoms with Crippen molar-refractivity contribution >= 4 is 5.97 Å². The number of likely N-dealkylation sites (tertiary alicyclic amines) is 1. The fourth-order valence-electron chi connectivity index (χ4n) is 2.68. The van der Waals surface area contributed by atoms with Gasteiger partial charge in [-0.1, -0.05) is 6.07 Å². The lowest BCUT2D eigenvalue weighted by atomic mass is 10.1. The molecule has 2 rings (SSSR count). The molecule has 4 nitrogen and oxygen atoms in total. The Morgan fingerprint density at radius 1 is 1.33 bits per heavy atom. The number of benzene rings is 1. The van der Waals surface area contributed by atoms with Gasteiger partial charge >= 0.3 is 5.97 Å². The molecule has 0 amide bonds. The molecule has 1 aromatic carbocycles. The van der Waals surface area contributed by atoms with Gasteiger partial charge in [0.1, 0.15) is 5.75 Å². The average molecular weight is 291 g/mol. The predicted octanol–water partition coefficient (Wildman–Crippen LogP) is 2.57. The van der Waals surface area contributed by atoms with Crippen LogP contribution in [0.15, 0.2) is 18.2 Å². The van der Waals surface area contributed by atoms with E-state index in [0.717, 1.165) is 38.2 Å². The summed E-state index contributed by atoms with van der Waals surface area (Å²) < 4.78 is 10.6. The first-order valence-corrected chi connectivity index (χ1v) is 7.60. The van der Waals surface area contributed by atoms with Crippen molar-refractivity contribution in [3.8, 4) is 5.75 Å². The molecule has 0 saturated carbocycles. The zero-order valence-electron chi connectivity index (χ0n) is 13.2. The van der Waals surface area contributed by atoms with Crippen molar-refractivity contribution in [1.29, 1.82) is 0 Å². The van der Waals surface area contributed by atoms with E-state index in [0.29, 0.717) is 6.61 Å². The summed E-state index contributed by atoms with van der Waals surface area (Å²) in [5.74, 6) is 0.909. The van der Waals surface area contributed by atoms with Crippen molar-refractivity contribution in [2.45, 2.75) is 26.7 Å². The van der Waals surface area contributed by atoms with Crippen LogP contribution in [-0.4, -0.2) is 44.2 Å². The van der Waals surface area contributed by atoms with Gasteiger partial charge in [-0.2, -0.15) is 0 Å². The third-order valence-corrected chi connectivity index (χ3v) is 4.17. The Morgan fingerprint density at radius 3 is 2.86 bits per heavy atom. The highest BCUT2D eigenvalue weighted by molar-refractivity contribution is 5.72. The first-order valence-electron chi connectivity index (χ1n) is 7.60. The van der Waals surface area contributed by atoms with Crippen molar-refractivity contribution in [3.63, 3.8) is 0 Å². The summed E-state index contributed by atoms with van der Waals surface area (Å²) in [6, 6.07) is 6.19. The number of carbonyl (C=O) groups excluding carboxylic acids is 1. The Balaban J connectivity index is 1.66. The van der Waals surface area contributed by atoms with Crippen LogP contribution >= 0.6 is 0 Å². The van der Waals surface area contributed by atoms with Gasteiger partial charge in [0.25, 0.3) is 0 Å². The monoisotopic (exact) mass is 291 g/mol. The Kier molecular flexibility index (Phi) is 5.62. The van der Waals surface area contributed by atoms with E-state index in [1.54, 1.807) is 0 Å². The van der Waals surface area contributed by atoms with E-state index in [1.165, 1.54) is 18.2 Å². The fourth-order valence-corrected chi connectivity index (χ4v) is 2.68. The summed E-state index contributed by atoms with van der Waals surface area (Å²) in [5, 5.41) is 0. The minimum Gasteiger partial charge on any atom is -0.494 e. The van der Waals surface area contributed by atoms with Crippen LogP contribution in [0.1, 0.15) is 24.0 Å². The fraction of sp³-hybridized carbons (Fsp3) is 0.588. The first-order chi connectivity index (χ1) is 10.1. The second-order valence-electron chi connectivity index (χ2n) is 5.76. The molecule has 21 heavy (non-hydrogen) atoms. The van der Waals surface area contributed by atoms with Gasteiger partial charge in [0, 0.05) is 13.1 Å². The SMILES string of the molecule is COC(=O)C1CCN(CCCOc2ccc(C)c(C)c2)C1. The maximum atomic E-state index is 11.5. The van der Waals surface area contributed by atoms with Gasteiger partial charge in [-0.05, 0) is 56.5 Å². The lowest BCUT2D eigenvalue weighted by molar-refractivity contribution is -0.144. The molecule has 4 heteroatoms. The number of esters is 1. The van der Waals surface area contributed by atoms with Crippen molar-refractivity contribution in [1.82, 2.24) is 4.90 Å². The zero-order chi connectivity index (χ0) is 15.2. The van der Waals surface area contributed by atoms with E-state index in [2.05, 4.69) is 30.9 Å². The molecule has 1 aliphatic heterocycles. The van der Waals surface area contributed by atoms with Crippen molar-refractivity contribution in [2.24, 2.45) is 5.92 Å². The summed E-state index contributed by atoms with van der Waals surface area (Å²) in [7, 11) is 1.46. The van der Waals surface area contributed by atoms with Crippen molar-refractivity contribution in [2.75, 3.05) is 33.4 Å². The summed E-state index contributed by atoms with van der Waals surface area (Å²) in [6.07, 6.45) is 1.88. The van der Waals surface area contributed by atoms with E-state index in [4.69, 9.17) is 9.47 Å². The normalized spacial score (nSPS) is 18.7. The van der Waals surface area contributed by atoms with Gasteiger partial charge in [-0.15, -0.1) is 0 Å². The molecule has 1 saturated heterocycles. The van der Waals surface area contributed by atoms with Crippen molar-refractivity contribution < 1.29 is 14.3 Å². The minimum absolute atomic E-state index is 0.0515. The quantitative estimate of drug-likeness (QED) is 0.596. The molecule has 1 unspecified atom stereocenters. The van der Waals surface area contributed by atoms with Crippen LogP contribution in [0.3, 0.4) is 0 Å². The van der Waals surface area contributed by atoms with E-state index >= 15 is 0 Å². The van der Waals surface area contributed by atoms with Crippen LogP contribution in [0.5, 0.6) is 5.75 Å². The molecule has 1 atom stereocenters. The summed E-state index contributed by atoms with van der Waals surface area (Å²) >= 11 is 0. The number of hydrogen-bond donors (Lipinski definition) is 0. The third-order valence-electron chi connectivity index (χ3n) is 4.17. The van der Waals surface area contributed by atoms with Gasteiger partial charge in [0.05, 0.1) is 19.6 Å². The highest BCUT2D eigenvalue weighted by Gasteiger charge is 2.28. The topological polar surface area (TPSA) is 38.8 Å². The molecule has 1 fully saturated rings. The van der Waals surface area contributed by atoms with Gasteiger partial charge in [-0.3, -0.25) is 4.79 Å². The van der Waals surface area contributed by atoms with Gasteiger partial charge in [-0.25, -0.2) is 0 Å². The predicted molar refractivity (Wildman–Crippen MR) is 82.6 cm³/mol. The number of methoxy groups -OCH3 is 1. The zero-order valence-corrected chi connectivity index (χ0v) is 13.2. The second kappa shape index (κ2) is 7.46. The van der Waals surface area contributed by atoms with Crippen molar-refractivity contribution in [3.05, 3.63) is 29.3 Å². The maximum Gasteiger partial charge on any atom is 0.310 e. The smallest absolute Gasteiger partial charge is 0.310 e. The molecule has 0 radical (unpaired) electrons. The number of nitrogens with zero attached hydrogens (tertiary/aromatic N) is 1. The molecule has 116 valence electrons. The second-order valence-corrected chi connectivity index (χ2v) is 5.76. The van der Waals surface area contributed by atoms with Gasteiger partial charge in [0.2, 0.25) is 0 Å². The summed E-state index contributed by atoms with van der Waals surface area (Å²) in [4.78, 5) is 13.8. The molecule has 0 bridgehead atoms. The summed E-state index contributed by atoms with van der Waals surface area (Å²) in [5.41, 5.74) is 2.54. The number of ether oxygens (including phenoxy) is 2. The average Bonchev–Trinajstić information content (AvgIpc) is 2.95. The maximum absolute atomic E-state index is 11.5. The molecular weight excluding hydrogens is 266 g/mol. The molecule has 1 aliphatic rings. The Hall–Kier alpha value is -1.55. The molecule has 1 heterocycles. The largest absolute Gasteiger partial charge is 0.494 e. The highest BCUT2D eigenvalue weighted by Crippen LogP contribution is 2.18. The Bertz CT molecular complexity index is 487. The van der Waals surface area contributed by atoms with Gasteiger partial charge < -0.3 is 14.4 Å². The number of hydrogen-bond acceptors (Lipinski definition) is 4. The third kappa shape index (κ3) is 4.46. The van der Waals surface area contributed by atoms with Crippen LogP contribution in [-0.2, 0) is 9.53 Å². The van der Waals surface area contributed by atoms with Crippen LogP contribution in [0.2, 0.25) is 0 Å². The van der Waals surface area contributed by atoms with E-state index in [9.17, 15) is 4.79 Å².